The van der Waals surface area contributed by atoms with E-state index in [0.29, 0.717) is 0 Å². The predicted molar refractivity (Wildman–Crippen MR) is 366 cm³/mol. The average molecular weight is 2160 g/mol. The SMILES string of the molecule is O=C(NCCCCCCCCCCCCNC(=O)[C@H](OS(=O)(=O)O)[C@H](OS(=O)(=O)O)[C@@H](O[C@@H]1O[C@@H](COS(=O)(=O)O)[C@H](OS(=O)(=O)O)[C@@H](OS(=O)(=O)O)[C@@H]1OS(=O)(=O)O)[C@H](COS(=O)(=O)O)OS(=O)(=O)O)[C@@H](OS(=O)(=O)O)[C@H](OS(=O)(=O)O)[C@@H](O[C@@H]1O[C@@H](COS(=O)(=O)O)[C@H](OS(=O)(=O)O)[C@@H](OS(=O)(=O)O)[C@@H]1OS(=O)(=O)O)[C@H](COS(=O)(=O)O)OS(=O)(=O)O. The number of amides is 2. The standard InChI is InChI=1S/C36H68N2O70S16/c39-33(29(105-121(77,78)79)25(101-117(65,66)67)21(19(97-113(53,54)55)15-91-111(47,48)49)95-35-31(107-123(83,84)85)27(103-119(71,72)73)23(99-115(59,60)61)17(93-35)13-89-109(41,42)43)37-11-9-7-5-3-1-2-4-6-8-10-12-38-34(40)30(106-122(80,81)82)26(102-118(68,69)70)22(20(98-114(56,57)58)16-92-112(50,51)52)96-36-32(108-124(86,87)88)28(104-120(74,75)76)24(100-116(62,63)64)18(94-36)14-90-110(44,45)46/h17-32,35-36H,1-16H2,(H,37,39)(H,38,40)(H,41,42,43)(H,44,45,46)(H,47,48,49)(H,50,51,52)(H,53,54,55)(H,56,57,58)(H,59,60,61)(H,62,63,64)(H,65,66,67)(H,68,69,70)(H,71,72,73)(H,74,75,76)(H,77,78,79)(H,80,81,82)(H,83,84,85)(H,86,87,88)/t17-,18-,19-,20-,21-,22-,23-,24-,25+,26+,27+,28+,29-,30+,31-,32-,35-,36-/m0/s1. The second kappa shape index (κ2) is 46.4. The Morgan fingerprint density at radius 3 is 0.685 bits per heavy atom. The highest BCUT2D eigenvalue weighted by molar-refractivity contribution is 7.84. The van der Waals surface area contributed by atoms with Crippen molar-refractivity contribution in [2.75, 3.05) is 39.5 Å². The number of nitrogens with one attached hydrogen (secondary N) is 2. The average Bonchev–Trinajstić information content (AvgIpc) is 0.765. The zero-order chi connectivity index (χ0) is 96.4. The van der Waals surface area contributed by atoms with Crippen LogP contribution in [0.3, 0.4) is 0 Å². The van der Waals surface area contributed by atoms with Crippen molar-refractivity contribution in [3.05, 3.63) is 0 Å². The maximum absolute atomic E-state index is 14.0. The van der Waals surface area contributed by atoms with Crippen LogP contribution in [0.5, 0.6) is 0 Å². The minimum absolute atomic E-state index is 0.0777. The van der Waals surface area contributed by atoms with Crippen LogP contribution in [-0.2, 0) is 262 Å². The van der Waals surface area contributed by atoms with Crippen LogP contribution in [0.15, 0.2) is 0 Å². The molecule has 2 aliphatic heterocycles. The van der Waals surface area contributed by atoms with Crippen molar-refractivity contribution in [1.29, 1.82) is 0 Å². The van der Waals surface area contributed by atoms with Crippen LogP contribution in [0.2, 0.25) is 0 Å². The summed E-state index contributed by atoms with van der Waals surface area (Å²) in [6.45, 7) is -11.0. The Morgan fingerprint density at radius 1 is 0.250 bits per heavy atom. The number of carbonyl (C=O) groups excluding carboxylic acids is 2. The first-order valence-electron chi connectivity index (χ1n) is 30.8. The molecular formula is C36H68N2O70S16. The monoisotopic (exact) mass is 2160 g/mol. The van der Waals surface area contributed by atoms with E-state index >= 15 is 0 Å². The largest absolute Gasteiger partial charge is 0.398 e. The van der Waals surface area contributed by atoms with Crippen molar-refractivity contribution in [3.63, 3.8) is 0 Å². The zero-order valence-corrected chi connectivity index (χ0v) is 72.5. The third kappa shape index (κ3) is 52.1. The second-order valence-corrected chi connectivity index (χ2v) is 40.1. The number of ether oxygens (including phenoxy) is 4. The highest BCUT2D eigenvalue weighted by Gasteiger charge is 2.60. The highest BCUT2D eigenvalue weighted by Crippen LogP contribution is 2.38. The van der Waals surface area contributed by atoms with Gasteiger partial charge in [0.1, 0.15) is 73.2 Å². The van der Waals surface area contributed by atoms with E-state index < -0.39 is 328 Å². The van der Waals surface area contributed by atoms with E-state index in [4.69, 9.17) is 18.9 Å². The highest BCUT2D eigenvalue weighted by atomic mass is 32.3. The normalized spacial score (nSPS) is 23.4. The van der Waals surface area contributed by atoms with E-state index in [1.807, 2.05) is 0 Å². The Morgan fingerprint density at radius 2 is 0.468 bits per heavy atom. The molecule has 0 radical (unpaired) electrons. The van der Waals surface area contributed by atoms with Crippen molar-refractivity contribution >= 4 is 178 Å². The Hall–Kier alpha value is -3.30. The van der Waals surface area contributed by atoms with Gasteiger partial charge in [-0.1, -0.05) is 51.4 Å². The molecule has 2 aliphatic rings. The van der Waals surface area contributed by atoms with Crippen LogP contribution >= 0.6 is 0 Å². The third-order valence-electron chi connectivity index (χ3n) is 13.8. The van der Waals surface area contributed by atoms with Gasteiger partial charge in [0, 0.05) is 13.1 Å². The quantitative estimate of drug-likeness (QED) is 0.0199. The summed E-state index contributed by atoms with van der Waals surface area (Å²) in [6.07, 6.45) is -66.3. The van der Waals surface area contributed by atoms with Gasteiger partial charge >= 0.3 is 166 Å². The lowest BCUT2D eigenvalue weighted by molar-refractivity contribution is -0.312. The van der Waals surface area contributed by atoms with E-state index in [9.17, 15) is 217 Å². The number of hydrogen-bond donors (Lipinski definition) is 18. The van der Waals surface area contributed by atoms with Crippen LogP contribution in [0.1, 0.15) is 64.2 Å². The number of unbranched alkanes of at least 4 members (excludes halogenated alkanes) is 9. The summed E-state index contributed by atoms with van der Waals surface area (Å²) in [5.41, 5.74) is 0. The molecule has 124 heavy (non-hydrogen) atoms. The molecule has 2 saturated heterocycles. The van der Waals surface area contributed by atoms with Gasteiger partial charge in [-0.2, -0.15) is 135 Å². The molecule has 2 amide bonds. The van der Waals surface area contributed by atoms with Crippen LogP contribution in [0.25, 0.3) is 0 Å². The van der Waals surface area contributed by atoms with Gasteiger partial charge in [0.15, 0.2) is 37.0 Å². The maximum atomic E-state index is 14.0. The summed E-state index contributed by atoms with van der Waals surface area (Å²) in [7, 11) is -102. The van der Waals surface area contributed by atoms with Crippen LogP contribution in [0.4, 0.5) is 0 Å². The summed E-state index contributed by atoms with van der Waals surface area (Å²) in [4.78, 5) is 27.9. The van der Waals surface area contributed by atoms with Crippen molar-refractivity contribution < 1.29 is 303 Å². The van der Waals surface area contributed by atoms with Crippen molar-refractivity contribution in [1.82, 2.24) is 10.6 Å². The molecule has 88 heteroatoms. The molecule has 0 bridgehead atoms. The third-order valence-corrected chi connectivity index (χ3v) is 21.1. The topological polar surface area (TPSA) is 1110 Å². The lowest BCUT2D eigenvalue weighted by Gasteiger charge is -2.45. The molecule has 2 fully saturated rings. The first-order valence-corrected chi connectivity index (χ1v) is 52.6. The first-order chi connectivity index (χ1) is 55.3. The molecule has 0 aromatic heterocycles. The Bertz CT molecular complexity index is 5210. The van der Waals surface area contributed by atoms with Crippen molar-refractivity contribution in [2.45, 2.75) is 174 Å². The van der Waals surface area contributed by atoms with E-state index in [1.54, 1.807) is 10.6 Å². The van der Waals surface area contributed by atoms with Gasteiger partial charge in [-0.15, -0.1) is 0 Å². The summed E-state index contributed by atoms with van der Waals surface area (Å²) >= 11 is 0. The molecule has 2 rings (SSSR count). The lowest BCUT2D eigenvalue weighted by Crippen LogP contribution is -2.65. The van der Waals surface area contributed by atoms with E-state index in [-0.39, 0.29) is 64.2 Å². The zero-order valence-electron chi connectivity index (χ0n) is 59.4. The van der Waals surface area contributed by atoms with Crippen LogP contribution in [0, 0.1) is 0 Å². The fourth-order valence-electron chi connectivity index (χ4n) is 9.97. The Balaban J connectivity index is 2.63. The van der Waals surface area contributed by atoms with E-state index in [0.717, 1.165) is 0 Å². The van der Waals surface area contributed by atoms with Gasteiger partial charge in [-0.05, 0) is 12.8 Å². The Labute approximate surface area is 701 Å². The molecule has 0 aromatic carbocycles. The van der Waals surface area contributed by atoms with E-state index in [2.05, 4.69) is 66.9 Å². The lowest BCUT2D eigenvalue weighted by atomic mass is 9.98. The van der Waals surface area contributed by atoms with Gasteiger partial charge in [0.25, 0.3) is 11.8 Å². The molecule has 0 aromatic rings. The van der Waals surface area contributed by atoms with Crippen LogP contribution in [-0.4, -0.2) is 369 Å². The molecule has 18 atom stereocenters. The summed E-state index contributed by atoms with van der Waals surface area (Å²) in [6, 6.07) is 0. The van der Waals surface area contributed by atoms with E-state index in [1.165, 1.54) is 0 Å². The molecule has 0 unspecified atom stereocenters. The molecular weight excluding hydrogens is 2090 g/mol. The molecule has 2 heterocycles. The Kier molecular flexibility index (Phi) is 43.7. The molecule has 0 saturated carbocycles. The molecule has 738 valence electrons. The summed E-state index contributed by atoms with van der Waals surface area (Å²) in [5.74, 6) is -4.55. The number of carbonyl (C=O) groups is 2. The molecule has 0 spiro atoms. The fraction of sp³-hybridized carbons (Fsp3) is 0.944. The smallest absolute Gasteiger partial charge is 0.354 e. The summed E-state index contributed by atoms with van der Waals surface area (Å²) < 4.78 is 628. The first kappa shape index (κ1) is 117. The molecule has 18 N–H and O–H groups in total. The minimum Gasteiger partial charge on any atom is -0.354 e. The summed E-state index contributed by atoms with van der Waals surface area (Å²) in [5, 5.41) is 3.53. The fourth-order valence-corrected chi connectivity index (χ4v) is 17.0. The van der Waals surface area contributed by atoms with Gasteiger partial charge in [0.05, 0.1) is 26.4 Å². The molecule has 0 aliphatic carbocycles. The second-order valence-electron chi connectivity index (χ2n) is 23.2. The predicted octanol–water partition coefficient (Wildman–Crippen LogP) is -11.1. The van der Waals surface area contributed by atoms with Gasteiger partial charge in [-0.25, -0.2) is 66.9 Å². The van der Waals surface area contributed by atoms with Gasteiger partial charge in [-0.3, -0.25) is 82.4 Å². The van der Waals surface area contributed by atoms with Crippen molar-refractivity contribution in [3.8, 4) is 0 Å². The molecule has 72 nitrogen and oxygen atoms in total. The van der Waals surface area contributed by atoms with Gasteiger partial charge in [0.2, 0.25) is 0 Å². The number of rotatable bonds is 61. The van der Waals surface area contributed by atoms with Crippen molar-refractivity contribution in [2.24, 2.45) is 0 Å². The number of hydrogen-bond acceptors (Lipinski definition) is 54. The van der Waals surface area contributed by atoms with Crippen LogP contribution < -0.4 is 10.6 Å². The maximum Gasteiger partial charge on any atom is 0.398 e. The minimum atomic E-state index is -6.66. The van der Waals surface area contributed by atoms with Gasteiger partial charge < -0.3 is 29.6 Å².